The van der Waals surface area contributed by atoms with Gasteiger partial charge in [-0.15, -0.1) is 0 Å². The molecular weight excluding hydrogens is 238 g/mol. The van der Waals surface area contributed by atoms with E-state index in [1.165, 1.54) is 25.7 Å². The van der Waals surface area contributed by atoms with Crippen LogP contribution in [0.15, 0.2) is 24.3 Å². The van der Waals surface area contributed by atoms with Gasteiger partial charge < -0.3 is 15.2 Å². The first-order valence-electron chi connectivity index (χ1n) is 7.43. The number of hydrogen-bond acceptors (Lipinski definition) is 3. The highest BCUT2D eigenvalue weighted by molar-refractivity contribution is 5.56. The first kappa shape index (κ1) is 14.2. The summed E-state index contributed by atoms with van der Waals surface area (Å²) in [6.45, 7) is 3.23. The van der Waals surface area contributed by atoms with E-state index in [-0.39, 0.29) is 6.10 Å². The third kappa shape index (κ3) is 4.43. The van der Waals surface area contributed by atoms with Gasteiger partial charge in [0.2, 0.25) is 0 Å². The number of anilines is 1. The zero-order valence-corrected chi connectivity index (χ0v) is 11.8. The monoisotopic (exact) mass is 263 g/mol. The predicted molar refractivity (Wildman–Crippen MR) is 78.7 cm³/mol. The molecule has 0 spiro atoms. The van der Waals surface area contributed by atoms with Gasteiger partial charge >= 0.3 is 0 Å². The summed E-state index contributed by atoms with van der Waals surface area (Å²) in [5, 5.41) is 13.4. The highest BCUT2D eigenvalue weighted by Gasteiger charge is 2.18. The summed E-state index contributed by atoms with van der Waals surface area (Å²) >= 11 is 0. The van der Waals surface area contributed by atoms with E-state index in [0.29, 0.717) is 13.2 Å². The number of benzene rings is 1. The van der Waals surface area contributed by atoms with Gasteiger partial charge in [0.15, 0.2) is 0 Å². The van der Waals surface area contributed by atoms with Crippen LogP contribution in [-0.4, -0.2) is 24.4 Å². The Bertz CT molecular complexity index is 375. The molecular formula is C16H25NO2. The topological polar surface area (TPSA) is 41.5 Å². The lowest BCUT2D eigenvalue weighted by Gasteiger charge is -2.18. The number of aliphatic hydroxyl groups is 1. The maximum atomic E-state index is 10.1. The zero-order valence-electron chi connectivity index (χ0n) is 11.8. The smallest absolute Gasteiger partial charge is 0.142 e. The van der Waals surface area contributed by atoms with Crippen molar-refractivity contribution in [1.29, 1.82) is 0 Å². The molecule has 0 radical (unpaired) electrons. The molecule has 19 heavy (non-hydrogen) atoms. The van der Waals surface area contributed by atoms with Crippen molar-refractivity contribution in [2.75, 3.05) is 18.5 Å². The van der Waals surface area contributed by atoms with E-state index in [9.17, 15) is 5.11 Å². The molecule has 1 atom stereocenters. The molecule has 1 aliphatic rings. The summed E-state index contributed by atoms with van der Waals surface area (Å²) in [7, 11) is 0. The molecule has 2 N–H and O–H groups in total. The number of rotatable bonds is 7. The Hall–Kier alpha value is -1.22. The molecule has 106 valence electrons. The lowest BCUT2D eigenvalue weighted by Crippen LogP contribution is -2.22. The van der Waals surface area contributed by atoms with Crippen LogP contribution in [-0.2, 0) is 0 Å². The van der Waals surface area contributed by atoms with Crippen molar-refractivity contribution in [1.82, 2.24) is 0 Å². The molecule has 1 aromatic rings. The van der Waals surface area contributed by atoms with E-state index in [1.54, 1.807) is 0 Å². The summed E-state index contributed by atoms with van der Waals surface area (Å²) in [6, 6.07) is 7.89. The number of aliphatic hydroxyl groups excluding tert-OH is 1. The summed E-state index contributed by atoms with van der Waals surface area (Å²) in [4.78, 5) is 0. The van der Waals surface area contributed by atoms with Crippen LogP contribution >= 0.6 is 0 Å². The van der Waals surface area contributed by atoms with Crippen molar-refractivity contribution >= 4 is 5.69 Å². The van der Waals surface area contributed by atoms with Crippen LogP contribution in [0.1, 0.15) is 39.0 Å². The van der Waals surface area contributed by atoms with Gasteiger partial charge in [0.05, 0.1) is 18.4 Å². The maximum absolute atomic E-state index is 10.1. The van der Waals surface area contributed by atoms with Crippen LogP contribution in [0.4, 0.5) is 5.69 Å². The zero-order chi connectivity index (χ0) is 13.5. The van der Waals surface area contributed by atoms with Gasteiger partial charge in [-0.2, -0.15) is 0 Å². The minimum Gasteiger partial charge on any atom is -0.492 e. The Morgan fingerprint density at radius 3 is 2.79 bits per heavy atom. The Kier molecular flexibility index (Phi) is 5.52. The normalized spacial score (nSPS) is 17.4. The lowest BCUT2D eigenvalue weighted by atomic mass is 10.00. The second kappa shape index (κ2) is 7.39. The van der Waals surface area contributed by atoms with Crippen LogP contribution in [0.5, 0.6) is 5.75 Å². The van der Waals surface area contributed by atoms with Crippen LogP contribution in [0.3, 0.4) is 0 Å². The third-order valence-electron chi connectivity index (χ3n) is 3.80. The van der Waals surface area contributed by atoms with Crippen molar-refractivity contribution in [3.8, 4) is 5.75 Å². The fraction of sp³-hybridized carbons (Fsp3) is 0.625. The third-order valence-corrected chi connectivity index (χ3v) is 3.80. The van der Waals surface area contributed by atoms with Gasteiger partial charge in [0.1, 0.15) is 5.75 Å². The molecule has 1 aliphatic carbocycles. The van der Waals surface area contributed by atoms with Crippen molar-refractivity contribution in [3.05, 3.63) is 24.3 Å². The van der Waals surface area contributed by atoms with E-state index in [1.807, 2.05) is 31.2 Å². The average molecular weight is 263 g/mol. The molecule has 0 amide bonds. The first-order chi connectivity index (χ1) is 9.29. The highest BCUT2D eigenvalue weighted by atomic mass is 16.5. The summed E-state index contributed by atoms with van der Waals surface area (Å²) < 4.78 is 5.56. The fourth-order valence-corrected chi connectivity index (χ4v) is 2.84. The van der Waals surface area contributed by atoms with Crippen LogP contribution in [0.25, 0.3) is 0 Å². The Morgan fingerprint density at radius 2 is 2.05 bits per heavy atom. The molecule has 1 fully saturated rings. The highest BCUT2D eigenvalue weighted by Crippen LogP contribution is 2.29. The summed E-state index contributed by atoms with van der Waals surface area (Å²) in [5.74, 6) is 1.58. The minimum absolute atomic E-state index is 0.266. The second-order valence-corrected chi connectivity index (χ2v) is 5.35. The molecule has 3 heteroatoms. The minimum atomic E-state index is -0.266. The molecule has 0 bridgehead atoms. The maximum Gasteiger partial charge on any atom is 0.142 e. The molecule has 0 aromatic heterocycles. The van der Waals surface area contributed by atoms with Crippen molar-refractivity contribution < 1.29 is 9.84 Å². The van der Waals surface area contributed by atoms with E-state index in [2.05, 4.69) is 5.32 Å². The molecule has 1 saturated carbocycles. The van der Waals surface area contributed by atoms with Gasteiger partial charge in [-0.25, -0.2) is 0 Å². The molecule has 0 heterocycles. The number of para-hydroxylation sites is 2. The Balaban J connectivity index is 1.80. The van der Waals surface area contributed by atoms with E-state index in [4.69, 9.17) is 4.74 Å². The van der Waals surface area contributed by atoms with E-state index >= 15 is 0 Å². The van der Waals surface area contributed by atoms with Gasteiger partial charge in [-0.3, -0.25) is 0 Å². The number of ether oxygens (including phenoxy) is 1. The SMILES string of the molecule is CCOc1ccccc1NCC(O)CC1CCCC1. The van der Waals surface area contributed by atoms with Crippen LogP contribution < -0.4 is 10.1 Å². The van der Waals surface area contributed by atoms with Crippen LogP contribution in [0, 0.1) is 5.92 Å². The van der Waals surface area contributed by atoms with Crippen molar-refractivity contribution in [2.24, 2.45) is 5.92 Å². The Morgan fingerprint density at radius 1 is 1.32 bits per heavy atom. The lowest BCUT2D eigenvalue weighted by molar-refractivity contribution is 0.155. The van der Waals surface area contributed by atoms with E-state index in [0.717, 1.165) is 23.8 Å². The Labute approximate surface area is 116 Å². The van der Waals surface area contributed by atoms with Gasteiger partial charge in [0.25, 0.3) is 0 Å². The van der Waals surface area contributed by atoms with Gasteiger partial charge in [-0.1, -0.05) is 37.8 Å². The first-order valence-corrected chi connectivity index (χ1v) is 7.43. The molecule has 2 rings (SSSR count). The summed E-state index contributed by atoms with van der Waals surface area (Å²) in [5.41, 5.74) is 0.967. The standard InChI is InChI=1S/C16H25NO2/c1-2-19-16-10-6-5-9-15(16)17-12-14(18)11-13-7-3-4-8-13/h5-6,9-10,13-14,17-18H,2-4,7-8,11-12H2,1H3. The molecule has 3 nitrogen and oxygen atoms in total. The number of hydrogen-bond donors (Lipinski definition) is 2. The quantitative estimate of drug-likeness (QED) is 0.792. The van der Waals surface area contributed by atoms with Crippen LogP contribution in [0.2, 0.25) is 0 Å². The van der Waals surface area contributed by atoms with Gasteiger partial charge in [-0.05, 0) is 31.4 Å². The number of nitrogens with one attached hydrogen (secondary N) is 1. The molecule has 0 saturated heterocycles. The molecule has 1 aromatic carbocycles. The summed E-state index contributed by atoms with van der Waals surface area (Å²) in [6.07, 6.45) is 5.89. The fourth-order valence-electron chi connectivity index (χ4n) is 2.84. The largest absolute Gasteiger partial charge is 0.492 e. The van der Waals surface area contributed by atoms with E-state index < -0.39 is 0 Å². The molecule has 0 aliphatic heterocycles. The van der Waals surface area contributed by atoms with Crippen molar-refractivity contribution in [2.45, 2.75) is 45.1 Å². The average Bonchev–Trinajstić information content (AvgIpc) is 2.91. The second-order valence-electron chi connectivity index (χ2n) is 5.35. The molecule has 1 unspecified atom stereocenters. The predicted octanol–water partition coefficient (Wildman–Crippen LogP) is 3.44. The van der Waals surface area contributed by atoms with Gasteiger partial charge in [0, 0.05) is 6.54 Å². The van der Waals surface area contributed by atoms with Crippen molar-refractivity contribution in [3.63, 3.8) is 0 Å².